The second-order valence-electron chi connectivity index (χ2n) is 4.54. The molecule has 0 bridgehead atoms. The second-order valence-corrected chi connectivity index (χ2v) is 10.0. The van der Waals surface area contributed by atoms with Gasteiger partial charge in [0.05, 0.1) is 6.10 Å². The van der Waals surface area contributed by atoms with E-state index in [1.807, 2.05) is 6.92 Å². The van der Waals surface area contributed by atoms with Crippen molar-refractivity contribution in [1.82, 2.24) is 0 Å². The van der Waals surface area contributed by atoms with Crippen LogP contribution in [0.5, 0.6) is 0 Å². The third-order valence-electron chi connectivity index (χ3n) is 1.36. The number of hydrogen-bond donors (Lipinski definition) is 1. The van der Waals surface area contributed by atoms with E-state index in [4.69, 9.17) is 5.11 Å². The van der Waals surface area contributed by atoms with E-state index in [1.54, 1.807) is 0 Å². The molecule has 1 nitrogen and oxygen atoms in total. The summed E-state index contributed by atoms with van der Waals surface area (Å²) in [5.74, 6) is 0. The van der Waals surface area contributed by atoms with Gasteiger partial charge < -0.3 is 5.11 Å². The van der Waals surface area contributed by atoms with Crippen LogP contribution in [-0.4, -0.2) is 19.3 Å². The van der Waals surface area contributed by atoms with Gasteiger partial charge in [0.25, 0.3) is 0 Å². The molecule has 0 unspecified atom stereocenters. The van der Waals surface area contributed by atoms with Gasteiger partial charge in [-0.15, -0.1) is 6.58 Å². The molecule has 0 aromatic heterocycles. The van der Waals surface area contributed by atoms with E-state index in [2.05, 4.69) is 26.2 Å². The van der Waals surface area contributed by atoms with Crippen molar-refractivity contribution in [3.63, 3.8) is 0 Å². The van der Waals surface area contributed by atoms with Gasteiger partial charge in [-0.3, -0.25) is 0 Å². The van der Waals surface area contributed by atoms with Gasteiger partial charge in [0.15, 0.2) is 0 Å². The van der Waals surface area contributed by atoms with Gasteiger partial charge in [-0.1, -0.05) is 25.2 Å². The average Bonchev–Trinajstić information content (AvgIpc) is 1.53. The summed E-state index contributed by atoms with van der Waals surface area (Å²) in [6, 6.07) is 1.14. The lowest BCUT2D eigenvalue weighted by Gasteiger charge is -2.18. The third kappa shape index (κ3) is 7.82. The summed E-state index contributed by atoms with van der Waals surface area (Å²) >= 11 is 0. The van der Waals surface area contributed by atoms with Crippen LogP contribution < -0.4 is 0 Å². The maximum absolute atomic E-state index is 9.07. The van der Waals surface area contributed by atoms with Crippen molar-refractivity contribution < 1.29 is 5.11 Å². The lowest BCUT2D eigenvalue weighted by atomic mass is 10.2. The maximum Gasteiger partial charge on any atom is 0.0548 e. The number of aliphatic hydroxyl groups excluding tert-OH is 1. The Morgan fingerprint density at radius 1 is 1.45 bits per heavy atom. The molecular weight excluding hydrogens is 152 g/mol. The van der Waals surface area contributed by atoms with Crippen molar-refractivity contribution in [2.24, 2.45) is 0 Å². The Kier molecular flexibility index (Phi) is 4.04. The van der Waals surface area contributed by atoms with E-state index in [0.29, 0.717) is 0 Å². The second kappa shape index (κ2) is 4.07. The smallest absolute Gasteiger partial charge is 0.0548 e. The number of hydrogen-bond acceptors (Lipinski definition) is 1. The van der Waals surface area contributed by atoms with Crippen LogP contribution in [-0.2, 0) is 0 Å². The van der Waals surface area contributed by atoms with Crippen LogP contribution in [0.15, 0.2) is 12.2 Å². The first-order valence-electron chi connectivity index (χ1n) is 4.16. The Balaban J connectivity index is 3.71. The zero-order valence-electron chi connectivity index (χ0n) is 8.15. The highest BCUT2D eigenvalue weighted by molar-refractivity contribution is 6.76. The summed E-state index contributed by atoms with van der Waals surface area (Å²) in [7, 11) is -0.998. The topological polar surface area (TPSA) is 20.2 Å². The molecular formula is C9H20OSi. The first-order valence-corrected chi connectivity index (χ1v) is 7.87. The zero-order chi connectivity index (χ0) is 9.07. The molecule has 0 spiro atoms. The van der Waals surface area contributed by atoms with Gasteiger partial charge in [-0.25, -0.2) is 0 Å². The van der Waals surface area contributed by atoms with E-state index in [9.17, 15) is 0 Å². The highest BCUT2D eigenvalue weighted by atomic mass is 28.3. The van der Waals surface area contributed by atoms with Crippen molar-refractivity contribution >= 4 is 8.07 Å². The molecule has 66 valence electrons. The van der Waals surface area contributed by atoms with Crippen molar-refractivity contribution in [3.8, 4) is 0 Å². The fraction of sp³-hybridized carbons (Fsp3) is 0.778. The molecule has 0 aliphatic rings. The highest BCUT2D eigenvalue weighted by Gasteiger charge is 2.14. The Morgan fingerprint density at radius 2 is 1.91 bits per heavy atom. The Morgan fingerprint density at radius 3 is 2.18 bits per heavy atom. The lowest BCUT2D eigenvalue weighted by molar-refractivity contribution is 0.195. The number of aliphatic hydroxyl groups is 1. The molecule has 0 aromatic rings. The van der Waals surface area contributed by atoms with Crippen LogP contribution in [0, 0.1) is 0 Å². The molecule has 1 N–H and O–H groups in total. The van der Waals surface area contributed by atoms with Crippen LogP contribution in [0.1, 0.15) is 13.3 Å². The molecule has 0 saturated carbocycles. The van der Waals surface area contributed by atoms with Crippen molar-refractivity contribution in [2.75, 3.05) is 0 Å². The summed E-state index contributed by atoms with van der Waals surface area (Å²) in [6.07, 6.45) is 0.545. The minimum atomic E-state index is -0.998. The van der Waals surface area contributed by atoms with Crippen LogP contribution in [0.2, 0.25) is 25.7 Å². The molecule has 0 aliphatic carbocycles. The monoisotopic (exact) mass is 172 g/mol. The molecule has 0 aromatic carbocycles. The Hall–Kier alpha value is -0.0831. The number of rotatable bonds is 4. The van der Waals surface area contributed by atoms with E-state index >= 15 is 0 Å². The van der Waals surface area contributed by atoms with Gasteiger partial charge >= 0.3 is 0 Å². The van der Waals surface area contributed by atoms with E-state index in [1.165, 1.54) is 5.57 Å². The van der Waals surface area contributed by atoms with Crippen molar-refractivity contribution in [2.45, 2.75) is 45.1 Å². The fourth-order valence-electron chi connectivity index (χ4n) is 1.24. The zero-order valence-corrected chi connectivity index (χ0v) is 9.15. The highest BCUT2D eigenvalue weighted by Crippen LogP contribution is 2.18. The molecule has 11 heavy (non-hydrogen) atoms. The quantitative estimate of drug-likeness (QED) is 0.510. The molecule has 1 atom stereocenters. The average molecular weight is 172 g/mol. The lowest BCUT2D eigenvalue weighted by Crippen LogP contribution is -2.20. The van der Waals surface area contributed by atoms with Gasteiger partial charge in [-0.2, -0.15) is 0 Å². The normalized spacial score (nSPS) is 14.6. The molecule has 0 fully saturated rings. The van der Waals surface area contributed by atoms with Gasteiger partial charge in [0.2, 0.25) is 0 Å². The van der Waals surface area contributed by atoms with E-state index < -0.39 is 8.07 Å². The van der Waals surface area contributed by atoms with Crippen molar-refractivity contribution in [1.29, 1.82) is 0 Å². The summed E-state index contributed by atoms with van der Waals surface area (Å²) in [4.78, 5) is 0. The molecule has 0 aliphatic heterocycles. The van der Waals surface area contributed by atoms with Crippen LogP contribution in [0.25, 0.3) is 0 Å². The van der Waals surface area contributed by atoms with Gasteiger partial charge in [0.1, 0.15) is 0 Å². The predicted molar refractivity (Wildman–Crippen MR) is 53.6 cm³/mol. The Bertz CT molecular complexity index is 133. The minimum absolute atomic E-state index is 0.223. The maximum atomic E-state index is 9.07. The van der Waals surface area contributed by atoms with Gasteiger partial charge in [-0.05, 0) is 19.4 Å². The third-order valence-corrected chi connectivity index (χ3v) is 2.93. The summed E-state index contributed by atoms with van der Waals surface area (Å²) in [5.41, 5.74) is 1.21. The van der Waals surface area contributed by atoms with Crippen LogP contribution >= 0.6 is 0 Å². The molecule has 0 amide bonds. The molecule has 2 heteroatoms. The molecule has 0 rings (SSSR count). The first kappa shape index (κ1) is 10.9. The summed E-state index contributed by atoms with van der Waals surface area (Å²) < 4.78 is 0. The summed E-state index contributed by atoms with van der Waals surface area (Å²) in [5, 5.41) is 9.07. The largest absolute Gasteiger partial charge is 0.393 e. The van der Waals surface area contributed by atoms with E-state index in [-0.39, 0.29) is 6.10 Å². The fourth-order valence-corrected chi connectivity index (χ4v) is 2.88. The molecule has 0 saturated heterocycles. The first-order chi connectivity index (χ1) is 4.81. The van der Waals surface area contributed by atoms with Crippen molar-refractivity contribution in [3.05, 3.63) is 12.2 Å². The SMILES string of the molecule is C=C(C[C@H](C)O)C[Si](C)(C)C. The van der Waals surface area contributed by atoms with Gasteiger partial charge in [0, 0.05) is 8.07 Å². The molecule has 0 radical (unpaired) electrons. The Labute approximate surface area is 71.1 Å². The standard InChI is InChI=1S/C9H20OSi/c1-8(6-9(2)10)7-11(3,4)5/h9-10H,1,6-7H2,2-5H3/t9-/m0/s1. The van der Waals surface area contributed by atoms with Crippen LogP contribution in [0.4, 0.5) is 0 Å². The van der Waals surface area contributed by atoms with Crippen LogP contribution in [0.3, 0.4) is 0 Å². The molecule has 0 heterocycles. The van der Waals surface area contributed by atoms with E-state index in [0.717, 1.165) is 12.5 Å². The minimum Gasteiger partial charge on any atom is -0.393 e. The predicted octanol–water partition coefficient (Wildman–Crippen LogP) is 2.65. The summed E-state index contributed by atoms with van der Waals surface area (Å²) in [6.45, 7) is 12.7.